The van der Waals surface area contributed by atoms with Crippen LogP contribution in [0.25, 0.3) is 0 Å². The molecule has 0 atom stereocenters. The maximum Gasteiger partial charge on any atom is 0.0802 e. The monoisotopic (exact) mass is 187 g/mol. The number of rotatable bonds is 5. The lowest BCUT2D eigenvalue weighted by molar-refractivity contribution is -0.0717. The molecule has 0 spiro atoms. The first-order valence-corrected chi connectivity index (χ1v) is 4.96. The van der Waals surface area contributed by atoms with E-state index in [9.17, 15) is 5.11 Å². The summed E-state index contributed by atoms with van der Waals surface area (Å²) in [7, 11) is 1.77. The van der Waals surface area contributed by atoms with Crippen LogP contribution in [0.15, 0.2) is 0 Å². The standard InChI is InChI=1S/C10H21NO2/c1-9(2,12)7-11-8-10(13-3)5-4-6-10/h11-12H,4-8H2,1-3H3. The van der Waals surface area contributed by atoms with Crippen molar-refractivity contribution in [1.29, 1.82) is 0 Å². The number of nitrogens with one attached hydrogen (secondary N) is 1. The molecule has 0 bridgehead atoms. The van der Waals surface area contributed by atoms with Gasteiger partial charge in [-0.3, -0.25) is 0 Å². The van der Waals surface area contributed by atoms with Crippen LogP contribution in [0.2, 0.25) is 0 Å². The first kappa shape index (κ1) is 11.0. The van der Waals surface area contributed by atoms with Gasteiger partial charge in [-0.1, -0.05) is 0 Å². The molecule has 0 aromatic heterocycles. The van der Waals surface area contributed by atoms with Gasteiger partial charge in [0.2, 0.25) is 0 Å². The van der Waals surface area contributed by atoms with Crippen molar-refractivity contribution in [3.8, 4) is 0 Å². The van der Waals surface area contributed by atoms with Gasteiger partial charge in [-0.05, 0) is 33.1 Å². The fourth-order valence-corrected chi connectivity index (χ4v) is 1.62. The third kappa shape index (κ3) is 3.25. The molecule has 1 rings (SSSR count). The summed E-state index contributed by atoms with van der Waals surface area (Å²) in [6, 6.07) is 0. The Balaban J connectivity index is 2.18. The van der Waals surface area contributed by atoms with Gasteiger partial charge >= 0.3 is 0 Å². The second-order valence-corrected chi connectivity index (χ2v) is 4.66. The predicted octanol–water partition coefficient (Wildman–Crippen LogP) is 0.916. The minimum absolute atomic E-state index is 0.0608. The van der Waals surface area contributed by atoms with E-state index in [1.807, 2.05) is 0 Å². The van der Waals surface area contributed by atoms with E-state index in [1.54, 1.807) is 21.0 Å². The van der Waals surface area contributed by atoms with Crippen molar-refractivity contribution in [2.75, 3.05) is 20.2 Å². The van der Waals surface area contributed by atoms with Crippen molar-refractivity contribution in [3.63, 3.8) is 0 Å². The van der Waals surface area contributed by atoms with Crippen molar-refractivity contribution >= 4 is 0 Å². The summed E-state index contributed by atoms with van der Waals surface area (Å²) in [5.74, 6) is 0. The molecule has 13 heavy (non-hydrogen) atoms. The van der Waals surface area contributed by atoms with Crippen molar-refractivity contribution < 1.29 is 9.84 Å². The molecule has 1 aliphatic carbocycles. The quantitative estimate of drug-likeness (QED) is 0.672. The van der Waals surface area contributed by atoms with Crippen LogP contribution in [0.3, 0.4) is 0 Å². The molecule has 1 saturated carbocycles. The highest BCUT2D eigenvalue weighted by Gasteiger charge is 2.36. The van der Waals surface area contributed by atoms with E-state index in [2.05, 4.69) is 5.32 Å². The lowest BCUT2D eigenvalue weighted by Crippen LogP contribution is -2.50. The van der Waals surface area contributed by atoms with Crippen LogP contribution >= 0.6 is 0 Å². The third-order valence-electron chi connectivity index (χ3n) is 2.70. The van der Waals surface area contributed by atoms with Gasteiger partial charge in [0.05, 0.1) is 11.2 Å². The summed E-state index contributed by atoms with van der Waals surface area (Å²) in [4.78, 5) is 0. The van der Waals surface area contributed by atoms with Gasteiger partial charge in [0.15, 0.2) is 0 Å². The Hall–Kier alpha value is -0.120. The van der Waals surface area contributed by atoms with Crippen molar-refractivity contribution in [3.05, 3.63) is 0 Å². The van der Waals surface area contributed by atoms with E-state index in [-0.39, 0.29) is 5.60 Å². The lowest BCUT2D eigenvalue weighted by atomic mass is 9.80. The van der Waals surface area contributed by atoms with E-state index in [0.717, 1.165) is 19.4 Å². The summed E-state index contributed by atoms with van der Waals surface area (Å²) in [6.07, 6.45) is 3.54. The van der Waals surface area contributed by atoms with Gasteiger partial charge in [0.1, 0.15) is 0 Å². The molecular weight excluding hydrogens is 166 g/mol. The Bertz CT molecular complexity index is 153. The van der Waals surface area contributed by atoms with Gasteiger partial charge < -0.3 is 15.2 Å². The van der Waals surface area contributed by atoms with Crippen LogP contribution in [0, 0.1) is 0 Å². The van der Waals surface area contributed by atoms with E-state index < -0.39 is 5.60 Å². The average Bonchev–Trinajstić information content (AvgIpc) is 1.92. The smallest absolute Gasteiger partial charge is 0.0802 e. The van der Waals surface area contributed by atoms with Gasteiger partial charge in [0.25, 0.3) is 0 Å². The number of aliphatic hydroxyl groups is 1. The summed E-state index contributed by atoms with van der Waals surface area (Å²) in [6.45, 7) is 5.09. The molecule has 3 heteroatoms. The van der Waals surface area contributed by atoms with Gasteiger partial charge in [-0.15, -0.1) is 0 Å². The molecule has 0 amide bonds. The molecule has 0 heterocycles. The Kier molecular flexibility index (Phi) is 3.33. The number of hydrogen-bond acceptors (Lipinski definition) is 3. The fourth-order valence-electron chi connectivity index (χ4n) is 1.62. The SMILES string of the molecule is COC1(CNCC(C)(C)O)CCC1. The van der Waals surface area contributed by atoms with Crippen molar-refractivity contribution in [1.82, 2.24) is 5.32 Å². The number of hydrogen-bond donors (Lipinski definition) is 2. The molecule has 0 unspecified atom stereocenters. The van der Waals surface area contributed by atoms with Gasteiger partial charge in [-0.2, -0.15) is 0 Å². The van der Waals surface area contributed by atoms with Crippen LogP contribution < -0.4 is 5.32 Å². The van der Waals surface area contributed by atoms with Crippen LogP contribution in [-0.4, -0.2) is 36.5 Å². The summed E-state index contributed by atoms with van der Waals surface area (Å²) >= 11 is 0. The molecular formula is C10H21NO2. The molecule has 3 nitrogen and oxygen atoms in total. The van der Waals surface area contributed by atoms with Gasteiger partial charge in [0, 0.05) is 20.2 Å². The first-order valence-electron chi connectivity index (χ1n) is 4.96. The predicted molar refractivity (Wildman–Crippen MR) is 52.8 cm³/mol. The van der Waals surface area contributed by atoms with E-state index >= 15 is 0 Å². The second kappa shape index (κ2) is 3.95. The molecule has 0 radical (unpaired) electrons. The van der Waals surface area contributed by atoms with Crippen molar-refractivity contribution in [2.24, 2.45) is 0 Å². The number of methoxy groups -OCH3 is 1. The Morgan fingerprint density at radius 1 is 1.46 bits per heavy atom. The number of ether oxygens (including phenoxy) is 1. The molecule has 2 N–H and O–H groups in total. The van der Waals surface area contributed by atoms with Crippen LogP contribution in [-0.2, 0) is 4.74 Å². The van der Waals surface area contributed by atoms with E-state index in [0.29, 0.717) is 6.54 Å². The second-order valence-electron chi connectivity index (χ2n) is 4.66. The molecule has 0 aromatic carbocycles. The fraction of sp³-hybridized carbons (Fsp3) is 1.00. The van der Waals surface area contributed by atoms with Crippen LogP contribution in [0.1, 0.15) is 33.1 Å². The highest BCUT2D eigenvalue weighted by molar-refractivity contribution is 4.91. The first-order chi connectivity index (χ1) is 5.97. The molecule has 78 valence electrons. The Labute approximate surface area is 80.5 Å². The lowest BCUT2D eigenvalue weighted by Gasteiger charge is -2.41. The normalized spacial score (nSPS) is 21.2. The molecule has 0 saturated heterocycles. The Morgan fingerprint density at radius 3 is 2.38 bits per heavy atom. The summed E-state index contributed by atoms with van der Waals surface area (Å²) < 4.78 is 5.44. The molecule has 0 aliphatic heterocycles. The van der Waals surface area contributed by atoms with Crippen LogP contribution in [0.4, 0.5) is 0 Å². The minimum atomic E-state index is -0.626. The average molecular weight is 187 g/mol. The zero-order valence-electron chi connectivity index (χ0n) is 8.89. The maximum atomic E-state index is 9.47. The highest BCUT2D eigenvalue weighted by atomic mass is 16.5. The zero-order chi connectivity index (χ0) is 9.95. The highest BCUT2D eigenvalue weighted by Crippen LogP contribution is 2.34. The third-order valence-corrected chi connectivity index (χ3v) is 2.70. The van der Waals surface area contributed by atoms with E-state index in [1.165, 1.54) is 6.42 Å². The topological polar surface area (TPSA) is 41.5 Å². The Morgan fingerprint density at radius 2 is 2.08 bits per heavy atom. The summed E-state index contributed by atoms with van der Waals surface area (Å²) in [5, 5.41) is 12.7. The maximum absolute atomic E-state index is 9.47. The molecule has 0 aromatic rings. The van der Waals surface area contributed by atoms with E-state index in [4.69, 9.17) is 4.74 Å². The largest absolute Gasteiger partial charge is 0.389 e. The van der Waals surface area contributed by atoms with Gasteiger partial charge in [-0.25, -0.2) is 0 Å². The van der Waals surface area contributed by atoms with Crippen molar-refractivity contribution in [2.45, 2.75) is 44.3 Å². The minimum Gasteiger partial charge on any atom is -0.389 e. The van der Waals surface area contributed by atoms with Crippen LogP contribution in [0.5, 0.6) is 0 Å². The molecule has 1 fully saturated rings. The molecule has 1 aliphatic rings. The summed E-state index contributed by atoms with van der Waals surface area (Å²) in [5.41, 5.74) is -0.566. The zero-order valence-corrected chi connectivity index (χ0v) is 8.89.